The Hall–Kier alpha value is -7.40. The lowest BCUT2D eigenvalue weighted by Gasteiger charge is -2.17. The molecule has 4 heteroatoms. The maximum absolute atomic E-state index is 5.24. The Bertz CT molecular complexity index is 3610. The third-order valence-electron chi connectivity index (χ3n) is 12.1. The zero-order valence-corrected chi connectivity index (χ0v) is 32.0. The van der Waals surface area contributed by atoms with Crippen LogP contribution in [0.25, 0.3) is 125 Å². The van der Waals surface area contributed by atoms with E-state index in [0.717, 1.165) is 44.5 Å². The van der Waals surface area contributed by atoms with Crippen LogP contribution < -0.4 is 0 Å². The molecule has 1 aliphatic rings. The second-order valence-corrected chi connectivity index (χ2v) is 16.3. The topological polar surface area (TPSA) is 30.7 Å². The molecule has 268 valence electrons. The van der Waals surface area contributed by atoms with Gasteiger partial charge in [-0.3, -0.25) is 0 Å². The van der Waals surface area contributed by atoms with E-state index in [9.17, 15) is 0 Å². The van der Waals surface area contributed by atoms with Crippen molar-refractivity contribution in [2.24, 2.45) is 0 Å². The van der Waals surface area contributed by atoms with E-state index in [1.165, 1.54) is 75.0 Å². The van der Waals surface area contributed by atoms with E-state index in [2.05, 4.69) is 180 Å². The lowest BCUT2D eigenvalue weighted by Crippen LogP contribution is -1.99. The van der Waals surface area contributed by atoms with Crippen molar-refractivity contribution < 1.29 is 0 Å². The molecule has 3 aromatic heterocycles. The average Bonchev–Trinajstić information content (AvgIpc) is 3.80. The van der Waals surface area contributed by atoms with Crippen LogP contribution in [0.5, 0.6) is 0 Å². The van der Waals surface area contributed by atoms with E-state index in [1.807, 2.05) is 23.5 Å². The van der Waals surface area contributed by atoms with Gasteiger partial charge in [0, 0.05) is 53.0 Å². The van der Waals surface area contributed by atoms with Crippen LogP contribution in [0.1, 0.15) is 0 Å². The normalized spacial score (nSPS) is 12.1. The number of rotatable bonds is 4. The van der Waals surface area contributed by atoms with E-state index in [-0.39, 0.29) is 0 Å². The minimum atomic E-state index is 0.710. The van der Waals surface area contributed by atoms with E-state index < -0.39 is 0 Å². The van der Waals surface area contributed by atoms with Gasteiger partial charge in [-0.1, -0.05) is 140 Å². The molecule has 0 spiro atoms. The predicted molar refractivity (Wildman–Crippen MR) is 245 cm³/mol. The van der Waals surface area contributed by atoms with Gasteiger partial charge in [0.2, 0.25) is 0 Å². The molecule has 0 radical (unpaired) electrons. The second-order valence-electron chi connectivity index (χ2n) is 15.3. The van der Waals surface area contributed by atoms with Crippen molar-refractivity contribution in [3.63, 3.8) is 0 Å². The van der Waals surface area contributed by atoms with Crippen LogP contribution in [0, 0.1) is 0 Å². The molecule has 0 fully saturated rings. The van der Waals surface area contributed by atoms with Crippen molar-refractivity contribution in [1.82, 2.24) is 14.5 Å². The van der Waals surface area contributed by atoms with Gasteiger partial charge in [0.1, 0.15) is 0 Å². The monoisotopic (exact) mass is 753 g/mol. The lowest BCUT2D eigenvalue weighted by molar-refractivity contribution is 1.18. The van der Waals surface area contributed by atoms with Gasteiger partial charge >= 0.3 is 0 Å². The van der Waals surface area contributed by atoms with Crippen molar-refractivity contribution in [2.75, 3.05) is 0 Å². The first-order valence-electron chi connectivity index (χ1n) is 19.7. The van der Waals surface area contributed by atoms with Crippen LogP contribution >= 0.6 is 11.3 Å². The van der Waals surface area contributed by atoms with Crippen LogP contribution in [0.3, 0.4) is 0 Å². The molecule has 3 heterocycles. The summed E-state index contributed by atoms with van der Waals surface area (Å²) >= 11 is 1.89. The van der Waals surface area contributed by atoms with E-state index in [1.54, 1.807) is 0 Å². The molecule has 9 aromatic carbocycles. The molecule has 0 atom stereocenters. The Balaban J connectivity index is 1.09. The molecular formula is C54H31N3S. The molecule has 12 aromatic rings. The Morgan fingerprint density at radius 2 is 1.00 bits per heavy atom. The Labute approximate surface area is 337 Å². The first kappa shape index (κ1) is 31.8. The van der Waals surface area contributed by atoms with Crippen LogP contribution in [-0.4, -0.2) is 14.5 Å². The largest absolute Gasteiger partial charge is 0.309 e. The fourth-order valence-electron chi connectivity index (χ4n) is 9.61. The number of aromatic nitrogens is 3. The summed E-state index contributed by atoms with van der Waals surface area (Å²) < 4.78 is 5.14. The van der Waals surface area contributed by atoms with Crippen molar-refractivity contribution in [1.29, 1.82) is 0 Å². The molecule has 3 nitrogen and oxygen atoms in total. The van der Waals surface area contributed by atoms with Crippen molar-refractivity contribution in [3.8, 4) is 61.8 Å². The number of fused-ring (bicyclic) bond motifs is 7. The Morgan fingerprint density at radius 3 is 1.78 bits per heavy atom. The molecule has 13 rings (SSSR count). The summed E-state index contributed by atoms with van der Waals surface area (Å²) in [5.41, 5.74) is 13.6. The summed E-state index contributed by atoms with van der Waals surface area (Å²) in [6.07, 6.45) is 0. The fraction of sp³-hybridized carbons (Fsp3) is 0. The highest BCUT2D eigenvalue weighted by molar-refractivity contribution is 7.25. The van der Waals surface area contributed by atoms with Gasteiger partial charge in [-0.15, -0.1) is 11.3 Å². The summed E-state index contributed by atoms with van der Waals surface area (Å²) in [6, 6.07) is 68.2. The Morgan fingerprint density at radius 1 is 0.362 bits per heavy atom. The van der Waals surface area contributed by atoms with Crippen LogP contribution in [0.2, 0.25) is 0 Å². The molecule has 0 N–H and O–H groups in total. The number of hydrogen-bond acceptors (Lipinski definition) is 3. The zero-order valence-electron chi connectivity index (χ0n) is 31.1. The van der Waals surface area contributed by atoms with Crippen molar-refractivity contribution in [3.05, 3.63) is 188 Å². The highest BCUT2D eigenvalue weighted by atomic mass is 32.1. The van der Waals surface area contributed by atoms with E-state index in [4.69, 9.17) is 9.97 Å². The second kappa shape index (κ2) is 12.1. The van der Waals surface area contributed by atoms with Gasteiger partial charge < -0.3 is 4.57 Å². The third kappa shape index (κ3) is 4.49. The molecule has 0 bridgehead atoms. The average molecular weight is 754 g/mol. The standard InChI is InChI=1S/C54H31N3S/c1-3-13-32(14-4-1)44-31-45(33-15-5-2-6-16-33)56-54(55-44)40-26-28-46(36-19-8-7-18-35(36)40)57-47-23-12-22-39-42-30-50-43(37-20-9-10-24-49(37)58-50)29-41(42)38-21-11-17-34-25-27-48(57)53(51(34)38)52(39)47/h1-31H. The molecule has 0 saturated carbocycles. The quantitative estimate of drug-likeness (QED) is 0.179. The third-order valence-corrected chi connectivity index (χ3v) is 13.3. The molecule has 1 aliphatic carbocycles. The number of hydrogen-bond donors (Lipinski definition) is 0. The Kier molecular flexibility index (Phi) is 6.60. The SMILES string of the molecule is c1ccc(-c2cc(-c3ccccc3)nc(-c3ccc(-n4c5cccc6c5c5c7c(cccc7ccc54)-c4cc5c(cc4-6)sc4ccccc45)c4ccccc34)n2)cc1. The molecular weight excluding hydrogens is 723 g/mol. The van der Waals surface area contributed by atoms with Gasteiger partial charge in [0.05, 0.1) is 28.1 Å². The van der Waals surface area contributed by atoms with E-state index >= 15 is 0 Å². The molecule has 0 unspecified atom stereocenters. The number of thiophene rings is 1. The first-order valence-corrected chi connectivity index (χ1v) is 20.6. The first-order chi connectivity index (χ1) is 28.8. The maximum Gasteiger partial charge on any atom is 0.161 e. The van der Waals surface area contributed by atoms with Crippen LogP contribution in [0.4, 0.5) is 0 Å². The predicted octanol–water partition coefficient (Wildman–Crippen LogP) is 14.9. The molecule has 0 amide bonds. The maximum atomic E-state index is 5.24. The summed E-state index contributed by atoms with van der Waals surface area (Å²) in [6.45, 7) is 0. The van der Waals surface area contributed by atoms with Crippen molar-refractivity contribution >= 4 is 74.9 Å². The summed E-state index contributed by atoms with van der Waals surface area (Å²) in [5, 5.41) is 10.1. The summed E-state index contributed by atoms with van der Waals surface area (Å²) in [4.78, 5) is 10.5. The minimum Gasteiger partial charge on any atom is -0.309 e. The van der Waals surface area contributed by atoms with E-state index in [0.29, 0.717) is 5.82 Å². The summed E-state index contributed by atoms with van der Waals surface area (Å²) in [5.74, 6) is 0.710. The van der Waals surface area contributed by atoms with Crippen LogP contribution in [-0.2, 0) is 0 Å². The molecule has 0 aliphatic heterocycles. The highest BCUT2D eigenvalue weighted by Crippen LogP contribution is 2.52. The van der Waals surface area contributed by atoms with Gasteiger partial charge in [-0.2, -0.15) is 0 Å². The van der Waals surface area contributed by atoms with Crippen molar-refractivity contribution in [2.45, 2.75) is 0 Å². The summed E-state index contributed by atoms with van der Waals surface area (Å²) in [7, 11) is 0. The van der Waals surface area contributed by atoms with Gasteiger partial charge in [-0.25, -0.2) is 9.97 Å². The molecule has 58 heavy (non-hydrogen) atoms. The minimum absolute atomic E-state index is 0.710. The zero-order chi connectivity index (χ0) is 37.9. The number of benzene rings is 9. The smallest absolute Gasteiger partial charge is 0.161 e. The lowest BCUT2D eigenvalue weighted by atomic mass is 9.92. The molecule has 0 saturated heterocycles. The van der Waals surface area contributed by atoms with Crippen LogP contribution in [0.15, 0.2) is 188 Å². The van der Waals surface area contributed by atoms with Gasteiger partial charge in [-0.05, 0) is 86.9 Å². The van der Waals surface area contributed by atoms with Gasteiger partial charge in [0.15, 0.2) is 5.82 Å². The fourth-order valence-corrected chi connectivity index (χ4v) is 10.7. The highest BCUT2D eigenvalue weighted by Gasteiger charge is 2.26. The number of nitrogens with zero attached hydrogens (tertiary/aromatic N) is 3. The van der Waals surface area contributed by atoms with Gasteiger partial charge in [0.25, 0.3) is 0 Å².